The fourth-order valence-electron chi connectivity index (χ4n) is 2.08. The number of aromatic nitrogens is 1. The molecule has 2 rings (SSSR count). The molecule has 0 fully saturated rings. The summed E-state index contributed by atoms with van der Waals surface area (Å²) in [6.07, 6.45) is -0.415. The molecular formula is C12H14ClN3O3. The van der Waals surface area contributed by atoms with Crippen LogP contribution in [0.25, 0.3) is 0 Å². The summed E-state index contributed by atoms with van der Waals surface area (Å²) in [4.78, 5) is 28.3. The molecule has 19 heavy (non-hydrogen) atoms. The maximum atomic E-state index is 11.4. The number of amides is 1. The zero-order valence-corrected chi connectivity index (χ0v) is 11.2. The van der Waals surface area contributed by atoms with E-state index in [1.54, 1.807) is 11.0 Å². The van der Waals surface area contributed by atoms with Crippen LogP contribution in [0.5, 0.6) is 0 Å². The summed E-state index contributed by atoms with van der Waals surface area (Å²) in [7, 11) is 0. The molecule has 0 saturated heterocycles. The van der Waals surface area contributed by atoms with Gasteiger partial charge in [-0.25, -0.2) is 4.98 Å². The number of nitrogens with two attached hydrogens (primary N) is 1. The van der Waals surface area contributed by atoms with Crippen LogP contribution in [0.2, 0.25) is 5.15 Å². The number of nitrogens with zero attached hydrogens (tertiary/aromatic N) is 2. The fraction of sp³-hybridized carbons (Fsp3) is 0.417. The van der Waals surface area contributed by atoms with Crippen molar-refractivity contribution in [3.63, 3.8) is 0 Å². The van der Waals surface area contributed by atoms with Crippen molar-refractivity contribution < 1.29 is 14.3 Å². The zero-order valence-electron chi connectivity index (χ0n) is 10.4. The Bertz CT molecular complexity index is 521. The van der Waals surface area contributed by atoms with Gasteiger partial charge in [0.15, 0.2) is 0 Å². The van der Waals surface area contributed by atoms with Crippen LogP contribution in [0.3, 0.4) is 0 Å². The standard InChI is InChI=1S/C12H14ClN3O3/c1-7(17)19-12(11(14)18)16-5-4-9-8(6-16)2-3-10(13)15-9/h2-3,12H,4-6H2,1H3,(H2,14,18). The van der Waals surface area contributed by atoms with E-state index in [0.717, 1.165) is 11.3 Å². The molecule has 1 aromatic rings. The highest BCUT2D eigenvalue weighted by molar-refractivity contribution is 6.29. The lowest BCUT2D eigenvalue weighted by Gasteiger charge is -2.32. The van der Waals surface area contributed by atoms with Gasteiger partial charge in [0.1, 0.15) is 5.15 Å². The number of pyridine rings is 1. The lowest BCUT2D eigenvalue weighted by Crippen LogP contribution is -2.49. The van der Waals surface area contributed by atoms with E-state index in [4.69, 9.17) is 22.1 Å². The predicted octanol–water partition coefficient (Wildman–Crippen LogP) is 0.468. The van der Waals surface area contributed by atoms with E-state index < -0.39 is 18.1 Å². The Morgan fingerprint density at radius 2 is 2.26 bits per heavy atom. The summed E-state index contributed by atoms with van der Waals surface area (Å²) in [6, 6.07) is 3.54. The van der Waals surface area contributed by atoms with Crippen molar-refractivity contribution in [2.45, 2.75) is 26.1 Å². The number of hydrogen-bond donors (Lipinski definition) is 1. The minimum atomic E-state index is -1.04. The molecule has 1 aromatic heterocycles. The Morgan fingerprint density at radius 3 is 2.89 bits per heavy atom. The second-order valence-corrected chi connectivity index (χ2v) is 4.71. The highest BCUT2D eigenvalue weighted by Crippen LogP contribution is 2.21. The lowest BCUT2D eigenvalue weighted by molar-refractivity contribution is -0.165. The van der Waals surface area contributed by atoms with Crippen LogP contribution in [0.4, 0.5) is 0 Å². The molecule has 2 N–H and O–H groups in total. The molecular weight excluding hydrogens is 270 g/mol. The first-order valence-electron chi connectivity index (χ1n) is 5.82. The smallest absolute Gasteiger partial charge is 0.304 e. The monoisotopic (exact) mass is 283 g/mol. The first-order chi connectivity index (χ1) is 8.97. The summed E-state index contributed by atoms with van der Waals surface area (Å²) in [5.74, 6) is -1.22. The number of ether oxygens (including phenoxy) is 1. The van der Waals surface area contributed by atoms with Gasteiger partial charge in [-0.3, -0.25) is 14.5 Å². The van der Waals surface area contributed by atoms with Crippen molar-refractivity contribution in [3.05, 3.63) is 28.5 Å². The number of hydrogen-bond acceptors (Lipinski definition) is 5. The minimum Gasteiger partial charge on any atom is -0.437 e. The van der Waals surface area contributed by atoms with Gasteiger partial charge >= 0.3 is 5.97 Å². The zero-order chi connectivity index (χ0) is 14.0. The average Bonchev–Trinajstić information content (AvgIpc) is 2.35. The summed E-state index contributed by atoms with van der Waals surface area (Å²) < 4.78 is 4.96. The fourth-order valence-corrected chi connectivity index (χ4v) is 2.25. The number of rotatable bonds is 3. The summed E-state index contributed by atoms with van der Waals surface area (Å²) in [5, 5.41) is 0.443. The molecule has 0 aromatic carbocycles. The van der Waals surface area contributed by atoms with Gasteiger partial charge in [-0.1, -0.05) is 17.7 Å². The van der Waals surface area contributed by atoms with Crippen molar-refractivity contribution in [3.8, 4) is 0 Å². The molecule has 1 aliphatic rings. The third-order valence-electron chi connectivity index (χ3n) is 2.90. The molecule has 0 saturated carbocycles. The molecule has 1 atom stereocenters. The Balaban J connectivity index is 2.17. The van der Waals surface area contributed by atoms with E-state index in [0.29, 0.717) is 24.7 Å². The number of carbonyl (C=O) groups is 2. The van der Waals surface area contributed by atoms with Crippen LogP contribution in [0.1, 0.15) is 18.2 Å². The van der Waals surface area contributed by atoms with Crippen LogP contribution >= 0.6 is 11.6 Å². The van der Waals surface area contributed by atoms with Gasteiger partial charge in [0.25, 0.3) is 5.91 Å². The van der Waals surface area contributed by atoms with E-state index in [9.17, 15) is 9.59 Å². The van der Waals surface area contributed by atoms with Gasteiger partial charge in [0.2, 0.25) is 6.23 Å². The Labute approximate surface area is 115 Å². The third kappa shape index (κ3) is 3.21. The van der Waals surface area contributed by atoms with Gasteiger partial charge < -0.3 is 10.5 Å². The molecule has 1 aliphatic heterocycles. The molecule has 102 valence electrons. The third-order valence-corrected chi connectivity index (χ3v) is 3.11. The van der Waals surface area contributed by atoms with Crippen molar-refractivity contribution in [2.24, 2.45) is 5.73 Å². The summed E-state index contributed by atoms with van der Waals surface area (Å²) in [5.41, 5.74) is 7.12. The topological polar surface area (TPSA) is 85.5 Å². The van der Waals surface area contributed by atoms with Crippen molar-refractivity contribution in [1.82, 2.24) is 9.88 Å². The second-order valence-electron chi connectivity index (χ2n) is 4.32. The average molecular weight is 284 g/mol. The molecule has 7 heteroatoms. The summed E-state index contributed by atoms with van der Waals surface area (Å²) in [6.45, 7) is 2.22. The molecule has 0 radical (unpaired) electrons. The number of carbonyl (C=O) groups excluding carboxylic acids is 2. The molecule has 0 aliphatic carbocycles. The number of halogens is 1. The van der Waals surface area contributed by atoms with Crippen LogP contribution in [0.15, 0.2) is 12.1 Å². The molecule has 2 heterocycles. The van der Waals surface area contributed by atoms with Gasteiger partial charge in [0, 0.05) is 32.1 Å². The van der Waals surface area contributed by atoms with Crippen LogP contribution in [-0.4, -0.2) is 34.5 Å². The second kappa shape index (κ2) is 5.54. The van der Waals surface area contributed by atoms with Crippen molar-refractivity contribution in [2.75, 3.05) is 6.54 Å². The molecule has 1 unspecified atom stereocenters. The van der Waals surface area contributed by atoms with E-state index in [1.807, 2.05) is 6.07 Å². The maximum Gasteiger partial charge on any atom is 0.304 e. The van der Waals surface area contributed by atoms with E-state index in [1.165, 1.54) is 6.92 Å². The Morgan fingerprint density at radius 1 is 1.53 bits per heavy atom. The minimum absolute atomic E-state index is 0.443. The van der Waals surface area contributed by atoms with Crippen LogP contribution < -0.4 is 5.73 Å². The van der Waals surface area contributed by atoms with Crippen molar-refractivity contribution in [1.29, 1.82) is 0 Å². The maximum absolute atomic E-state index is 11.4. The largest absolute Gasteiger partial charge is 0.437 e. The Hall–Kier alpha value is -1.66. The first-order valence-corrected chi connectivity index (χ1v) is 6.20. The predicted molar refractivity (Wildman–Crippen MR) is 68.1 cm³/mol. The van der Waals surface area contributed by atoms with Crippen LogP contribution in [-0.2, 0) is 27.3 Å². The van der Waals surface area contributed by atoms with Gasteiger partial charge in [-0.15, -0.1) is 0 Å². The highest BCUT2D eigenvalue weighted by atomic mass is 35.5. The van der Waals surface area contributed by atoms with E-state index >= 15 is 0 Å². The molecule has 6 nitrogen and oxygen atoms in total. The Kier molecular flexibility index (Phi) is 4.01. The van der Waals surface area contributed by atoms with Gasteiger partial charge in [-0.2, -0.15) is 0 Å². The number of primary amides is 1. The quantitative estimate of drug-likeness (QED) is 0.644. The lowest BCUT2D eigenvalue weighted by atomic mass is 10.1. The molecule has 0 spiro atoms. The van der Waals surface area contributed by atoms with Crippen LogP contribution in [0, 0.1) is 0 Å². The first kappa shape index (κ1) is 13.8. The van der Waals surface area contributed by atoms with E-state index in [2.05, 4.69) is 4.98 Å². The number of fused-ring (bicyclic) bond motifs is 1. The SMILES string of the molecule is CC(=O)OC(C(N)=O)N1CCc2nc(Cl)ccc2C1. The van der Waals surface area contributed by atoms with E-state index in [-0.39, 0.29) is 0 Å². The summed E-state index contributed by atoms with van der Waals surface area (Å²) >= 11 is 5.83. The molecule has 1 amide bonds. The highest BCUT2D eigenvalue weighted by Gasteiger charge is 2.30. The van der Waals surface area contributed by atoms with Gasteiger partial charge in [0.05, 0.1) is 0 Å². The normalized spacial score (nSPS) is 16.5. The van der Waals surface area contributed by atoms with Gasteiger partial charge in [-0.05, 0) is 11.6 Å². The van der Waals surface area contributed by atoms with Crippen molar-refractivity contribution >= 4 is 23.5 Å². The number of esters is 1. The molecule has 0 bridgehead atoms.